The molecule has 1 aromatic heterocycles. The maximum absolute atomic E-state index is 5.91. The Balaban J connectivity index is 1.45. The lowest BCUT2D eigenvalue weighted by atomic mass is 10.2. The minimum atomic E-state index is 0.523. The van der Waals surface area contributed by atoms with Gasteiger partial charge in [-0.05, 0) is 35.5 Å². The summed E-state index contributed by atoms with van der Waals surface area (Å²) in [6.45, 7) is 1.14. The minimum Gasteiger partial charge on any atom is -0.489 e. The summed E-state index contributed by atoms with van der Waals surface area (Å²) in [5.41, 5.74) is 6.56. The van der Waals surface area contributed by atoms with Crippen LogP contribution in [0.25, 0.3) is 11.4 Å². The molecule has 140 valence electrons. The average molecular weight is 388 g/mol. The fourth-order valence-corrected chi connectivity index (χ4v) is 3.08. The Morgan fingerprint density at radius 1 is 0.893 bits per heavy atom. The first-order chi connectivity index (χ1) is 13.8. The summed E-state index contributed by atoms with van der Waals surface area (Å²) in [7, 11) is 0. The molecule has 0 unspecified atom stereocenters. The third-order valence-corrected chi connectivity index (χ3v) is 4.57. The lowest BCUT2D eigenvalue weighted by molar-refractivity contribution is 0.306. The molecule has 0 fully saturated rings. The van der Waals surface area contributed by atoms with Crippen LogP contribution in [0.5, 0.6) is 5.75 Å². The summed E-state index contributed by atoms with van der Waals surface area (Å²) in [6, 6.07) is 28.1. The van der Waals surface area contributed by atoms with Crippen LogP contribution in [0, 0.1) is 4.77 Å². The molecule has 4 rings (SSSR count). The van der Waals surface area contributed by atoms with E-state index in [1.54, 1.807) is 4.68 Å². The molecule has 6 heteroatoms. The number of benzene rings is 3. The van der Waals surface area contributed by atoms with Crippen molar-refractivity contribution >= 4 is 12.2 Å². The van der Waals surface area contributed by atoms with Crippen LogP contribution in [0.1, 0.15) is 11.1 Å². The molecule has 1 heterocycles. The largest absolute Gasteiger partial charge is 0.489 e. The van der Waals surface area contributed by atoms with Crippen molar-refractivity contribution in [2.75, 3.05) is 5.43 Å². The van der Waals surface area contributed by atoms with E-state index in [9.17, 15) is 0 Å². The van der Waals surface area contributed by atoms with E-state index < -0.39 is 0 Å². The van der Waals surface area contributed by atoms with Gasteiger partial charge < -0.3 is 10.2 Å². The highest BCUT2D eigenvalue weighted by Gasteiger charge is 2.08. The summed E-state index contributed by atoms with van der Waals surface area (Å²) in [6.07, 6.45) is 0. The monoisotopic (exact) mass is 388 g/mol. The predicted molar refractivity (Wildman–Crippen MR) is 113 cm³/mol. The Morgan fingerprint density at radius 2 is 1.61 bits per heavy atom. The Bertz CT molecular complexity index is 1090. The quantitative estimate of drug-likeness (QED) is 0.441. The van der Waals surface area contributed by atoms with Crippen LogP contribution < -0.4 is 10.2 Å². The normalized spacial score (nSPS) is 10.6. The molecule has 0 spiro atoms. The van der Waals surface area contributed by atoms with E-state index in [2.05, 4.69) is 27.8 Å². The van der Waals surface area contributed by atoms with E-state index >= 15 is 0 Å². The predicted octanol–water partition coefficient (Wildman–Crippen LogP) is 4.93. The Hall–Kier alpha value is -3.38. The summed E-state index contributed by atoms with van der Waals surface area (Å²) >= 11 is 5.37. The van der Waals surface area contributed by atoms with Crippen molar-refractivity contribution in [3.8, 4) is 17.1 Å². The van der Waals surface area contributed by atoms with Crippen LogP contribution in [0.2, 0.25) is 0 Å². The zero-order valence-electron chi connectivity index (χ0n) is 15.2. The van der Waals surface area contributed by atoms with Gasteiger partial charge in [0, 0.05) is 5.56 Å². The van der Waals surface area contributed by atoms with Crippen LogP contribution >= 0.6 is 12.2 Å². The topological polar surface area (TPSA) is 54.9 Å². The van der Waals surface area contributed by atoms with E-state index in [0.717, 1.165) is 28.3 Å². The number of nitrogens with zero attached hydrogens (tertiary/aromatic N) is 2. The molecule has 0 aliphatic carbocycles. The number of hydrogen-bond donors (Lipinski definition) is 2. The van der Waals surface area contributed by atoms with E-state index in [1.165, 1.54) is 0 Å². The van der Waals surface area contributed by atoms with Gasteiger partial charge in [-0.3, -0.25) is 0 Å². The first kappa shape index (κ1) is 18.0. The molecular formula is C22H20N4OS. The highest BCUT2D eigenvalue weighted by Crippen LogP contribution is 2.18. The molecule has 0 atom stereocenters. The first-order valence-corrected chi connectivity index (χ1v) is 9.43. The van der Waals surface area contributed by atoms with Crippen LogP contribution in [-0.2, 0) is 13.2 Å². The molecule has 28 heavy (non-hydrogen) atoms. The SMILES string of the molecule is S=c1[nH]nc(-c2ccccc2)n1NCc1cccc(OCc2ccccc2)c1. The van der Waals surface area contributed by atoms with Gasteiger partial charge in [-0.2, -0.15) is 5.10 Å². The van der Waals surface area contributed by atoms with Gasteiger partial charge in [0.1, 0.15) is 12.4 Å². The molecule has 3 aromatic carbocycles. The van der Waals surface area contributed by atoms with E-state index in [4.69, 9.17) is 17.0 Å². The van der Waals surface area contributed by atoms with Crippen molar-refractivity contribution in [1.29, 1.82) is 0 Å². The number of ether oxygens (including phenoxy) is 1. The molecule has 0 bridgehead atoms. The van der Waals surface area contributed by atoms with Gasteiger partial charge in [0.25, 0.3) is 0 Å². The number of aromatic amines is 1. The molecule has 0 radical (unpaired) electrons. The molecule has 0 saturated carbocycles. The van der Waals surface area contributed by atoms with Gasteiger partial charge in [0.05, 0.1) is 6.54 Å². The summed E-state index contributed by atoms with van der Waals surface area (Å²) in [4.78, 5) is 0. The molecule has 0 saturated heterocycles. The van der Waals surface area contributed by atoms with E-state index in [-0.39, 0.29) is 0 Å². The second kappa shape index (κ2) is 8.54. The lowest BCUT2D eigenvalue weighted by Gasteiger charge is -2.12. The van der Waals surface area contributed by atoms with Crippen molar-refractivity contribution in [3.05, 3.63) is 101 Å². The summed E-state index contributed by atoms with van der Waals surface area (Å²) in [5, 5.41) is 7.19. The Morgan fingerprint density at radius 3 is 2.39 bits per heavy atom. The Kier molecular flexibility index (Phi) is 5.49. The summed E-state index contributed by atoms with van der Waals surface area (Å²) < 4.78 is 8.23. The smallest absolute Gasteiger partial charge is 0.214 e. The second-order valence-corrected chi connectivity index (χ2v) is 6.70. The number of aromatic nitrogens is 3. The number of hydrogen-bond acceptors (Lipinski definition) is 4. The van der Waals surface area contributed by atoms with Crippen LogP contribution in [0.3, 0.4) is 0 Å². The van der Waals surface area contributed by atoms with Crippen molar-refractivity contribution in [2.45, 2.75) is 13.2 Å². The maximum atomic E-state index is 5.91. The van der Waals surface area contributed by atoms with Crippen molar-refractivity contribution in [1.82, 2.24) is 14.9 Å². The fraction of sp³-hybridized carbons (Fsp3) is 0.0909. The number of rotatable bonds is 7. The molecule has 4 aromatic rings. The molecule has 2 N–H and O–H groups in total. The number of H-pyrrole nitrogens is 1. The van der Waals surface area contributed by atoms with Crippen molar-refractivity contribution < 1.29 is 4.74 Å². The average Bonchev–Trinajstić information content (AvgIpc) is 3.13. The minimum absolute atomic E-state index is 0.523. The van der Waals surface area contributed by atoms with Crippen molar-refractivity contribution in [2.24, 2.45) is 0 Å². The zero-order valence-corrected chi connectivity index (χ0v) is 16.0. The maximum Gasteiger partial charge on any atom is 0.214 e. The highest BCUT2D eigenvalue weighted by molar-refractivity contribution is 7.71. The van der Waals surface area contributed by atoms with E-state index in [0.29, 0.717) is 17.9 Å². The molecule has 0 aliphatic heterocycles. The summed E-state index contributed by atoms with van der Waals surface area (Å²) in [5.74, 6) is 1.59. The molecular weight excluding hydrogens is 368 g/mol. The van der Waals surface area contributed by atoms with Gasteiger partial charge >= 0.3 is 0 Å². The van der Waals surface area contributed by atoms with Crippen LogP contribution in [-0.4, -0.2) is 14.9 Å². The third kappa shape index (κ3) is 4.29. The number of nitrogens with one attached hydrogen (secondary N) is 2. The lowest BCUT2D eigenvalue weighted by Crippen LogP contribution is -2.16. The van der Waals surface area contributed by atoms with Gasteiger partial charge in [-0.15, -0.1) is 0 Å². The van der Waals surface area contributed by atoms with Crippen molar-refractivity contribution in [3.63, 3.8) is 0 Å². The fourth-order valence-electron chi connectivity index (χ4n) is 2.88. The van der Waals surface area contributed by atoms with Crippen LogP contribution in [0.4, 0.5) is 0 Å². The van der Waals surface area contributed by atoms with Gasteiger partial charge in [-0.1, -0.05) is 72.8 Å². The van der Waals surface area contributed by atoms with E-state index in [1.807, 2.05) is 72.8 Å². The van der Waals surface area contributed by atoms with Gasteiger partial charge in [0.15, 0.2) is 5.82 Å². The first-order valence-electron chi connectivity index (χ1n) is 9.02. The standard InChI is InChI=1S/C22H20N4OS/c28-22-25-24-21(19-11-5-2-6-12-19)26(22)23-15-18-10-7-13-20(14-18)27-16-17-8-3-1-4-9-17/h1-14,23H,15-16H2,(H,25,28). The second-order valence-electron chi connectivity index (χ2n) is 6.31. The third-order valence-electron chi connectivity index (χ3n) is 4.29. The molecule has 0 aliphatic rings. The molecule has 5 nitrogen and oxygen atoms in total. The van der Waals surface area contributed by atoms with Crippen LogP contribution in [0.15, 0.2) is 84.9 Å². The highest BCUT2D eigenvalue weighted by atomic mass is 32.1. The van der Waals surface area contributed by atoms with Gasteiger partial charge in [-0.25, -0.2) is 9.77 Å². The zero-order chi connectivity index (χ0) is 19.2. The Labute approximate surface area is 168 Å². The van der Waals surface area contributed by atoms with Gasteiger partial charge in [0.2, 0.25) is 4.77 Å². The molecule has 0 amide bonds.